The Morgan fingerprint density at radius 3 is 3.00 bits per heavy atom. The van der Waals surface area contributed by atoms with Crippen LogP contribution in [0.1, 0.15) is 12.0 Å². The normalized spacial score (nSPS) is 26.3. The number of hydrogen-bond donors (Lipinski definition) is 2. The number of carbonyl (C=O) groups excluding carboxylic acids is 1. The fourth-order valence-electron chi connectivity index (χ4n) is 2.39. The highest BCUT2D eigenvalue weighted by Crippen LogP contribution is 2.45. The number of thioether (sulfide) groups is 1. The Kier molecular flexibility index (Phi) is 2.27. The maximum atomic E-state index is 12.1. The molecule has 1 unspecified atom stereocenters. The summed E-state index contributed by atoms with van der Waals surface area (Å²) in [6.07, 6.45) is 2.50. The largest absolute Gasteiger partial charge is 0.383 e. The van der Waals surface area contributed by atoms with Crippen molar-refractivity contribution < 1.29 is 9.53 Å². The topological polar surface area (TPSA) is 90.1 Å². The molecule has 2 aliphatic heterocycles. The molecule has 7 heteroatoms. The fraction of sp³-hybridized carbons (Fsp3) is 0.500. The third-order valence-corrected chi connectivity index (χ3v) is 3.81. The van der Waals surface area contributed by atoms with Crippen LogP contribution in [0.3, 0.4) is 0 Å². The first-order valence-electron chi connectivity index (χ1n) is 5.28. The molecule has 1 atom stereocenters. The number of nitrogens with two attached hydrogens (primary N) is 1. The zero-order valence-electron chi connectivity index (χ0n) is 9.32. The third kappa shape index (κ3) is 1.35. The summed E-state index contributed by atoms with van der Waals surface area (Å²) in [6.45, 7) is 0.925. The van der Waals surface area contributed by atoms with Crippen molar-refractivity contribution in [1.29, 1.82) is 0 Å². The number of amides is 1. The van der Waals surface area contributed by atoms with E-state index in [1.54, 1.807) is 0 Å². The van der Waals surface area contributed by atoms with Crippen LogP contribution in [0.2, 0.25) is 0 Å². The molecule has 1 aromatic rings. The average Bonchev–Trinajstić information content (AvgIpc) is 2.87. The van der Waals surface area contributed by atoms with Crippen LogP contribution in [0, 0.1) is 0 Å². The average molecular weight is 252 g/mol. The predicted molar refractivity (Wildman–Crippen MR) is 64.0 cm³/mol. The lowest BCUT2D eigenvalue weighted by Crippen LogP contribution is -2.35. The van der Waals surface area contributed by atoms with Crippen molar-refractivity contribution in [3.05, 3.63) is 5.56 Å². The van der Waals surface area contributed by atoms with Gasteiger partial charge in [0.1, 0.15) is 17.1 Å². The summed E-state index contributed by atoms with van der Waals surface area (Å²) in [5, 5.41) is 3.35. The monoisotopic (exact) mass is 252 g/mol. The van der Waals surface area contributed by atoms with Crippen molar-refractivity contribution >= 4 is 29.3 Å². The Balaban J connectivity index is 2.19. The molecule has 0 bridgehead atoms. The van der Waals surface area contributed by atoms with Crippen molar-refractivity contribution in [3.63, 3.8) is 0 Å². The highest BCUT2D eigenvalue weighted by molar-refractivity contribution is 7.98. The van der Waals surface area contributed by atoms with Crippen molar-refractivity contribution in [1.82, 2.24) is 9.97 Å². The van der Waals surface area contributed by atoms with Gasteiger partial charge < -0.3 is 15.8 Å². The van der Waals surface area contributed by atoms with Crippen molar-refractivity contribution in [2.45, 2.75) is 17.0 Å². The van der Waals surface area contributed by atoms with Crippen LogP contribution in [0.25, 0.3) is 0 Å². The second kappa shape index (κ2) is 3.58. The lowest BCUT2D eigenvalue weighted by atomic mass is 9.82. The predicted octanol–water partition coefficient (Wildman–Crippen LogP) is 0.391. The highest BCUT2D eigenvalue weighted by atomic mass is 32.2. The number of nitrogens with one attached hydrogen (secondary N) is 1. The Hall–Kier alpha value is -1.34. The maximum absolute atomic E-state index is 12.1. The molecular weight excluding hydrogens is 240 g/mol. The van der Waals surface area contributed by atoms with E-state index in [1.165, 1.54) is 11.8 Å². The highest BCUT2D eigenvalue weighted by Gasteiger charge is 2.52. The van der Waals surface area contributed by atoms with Gasteiger partial charge in [-0.1, -0.05) is 11.8 Å². The number of nitrogen functional groups attached to an aromatic ring is 1. The van der Waals surface area contributed by atoms with E-state index in [9.17, 15) is 4.79 Å². The van der Waals surface area contributed by atoms with E-state index < -0.39 is 5.41 Å². The number of anilines is 2. The van der Waals surface area contributed by atoms with E-state index in [0.717, 1.165) is 0 Å². The third-order valence-electron chi connectivity index (χ3n) is 3.27. The second-order valence-electron chi connectivity index (χ2n) is 4.16. The maximum Gasteiger partial charge on any atom is 0.238 e. The molecule has 3 N–H and O–H groups in total. The Bertz CT molecular complexity index is 499. The van der Waals surface area contributed by atoms with Crippen molar-refractivity contribution in [2.24, 2.45) is 0 Å². The van der Waals surface area contributed by atoms with Gasteiger partial charge in [-0.15, -0.1) is 0 Å². The minimum absolute atomic E-state index is 0.0794. The van der Waals surface area contributed by atoms with Crippen LogP contribution in [0.5, 0.6) is 0 Å². The summed E-state index contributed by atoms with van der Waals surface area (Å²) in [5.74, 6) is 0.838. The molecule has 0 radical (unpaired) electrons. The second-order valence-corrected chi connectivity index (χ2v) is 4.93. The van der Waals surface area contributed by atoms with Gasteiger partial charge in [0, 0.05) is 6.61 Å². The number of hydrogen-bond acceptors (Lipinski definition) is 6. The van der Waals surface area contributed by atoms with Crippen LogP contribution < -0.4 is 11.1 Å². The molecule has 0 aliphatic carbocycles. The van der Waals surface area contributed by atoms with Crippen LogP contribution in [0.4, 0.5) is 11.6 Å². The summed E-state index contributed by atoms with van der Waals surface area (Å²) in [4.78, 5) is 20.6. The van der Waals surface area contributed by atoms with Crippen LogP contribution in [-0.2, 0) is 14.9 Å². The molecule has 90 valence electrons. The van der Waals surface area contributed by atoms with Gasteiger partial charge in [-0.25, -0.2) is 9.97 Å². The van der Waals surface area contributed by atoms with Crippen LogP contribution >= 0.6 is 11.8 Å². The number of carbonyl (C=O) groups is 1. The zero-order chi connectivity index (χ0) is 12.0. The van der Waals surface area contributed by atoms with Gasteiger partial charge >= 0.3 is 0 Å². The minimum Gasteiger partial charge on any atom is -0.383 e. The summed E-state index contributed by atoms with van der Waals surface area (Å²) in [5.41, 5.74) is 5.99. The van der Waals surface area contributed by atoms with Crippen LogP contribution in [-0.4, -0.2) is 35.3 Å². The van der Waals surface area contributed by atoms with Gasteiger partial charge in [-0.3, -0.25) is 4.79 Å². The summed E-state index contributed by atoms with van der Waals surface area (Å²) < 4.78 is 5.34. The van der Waals surface area contributed by atoms with Crippen molar-refractivity contribution in [3.8, 4) is 0 Å². The first kappa shape index (κ1) is 10.8. The summed E-state index contributed by atoms with van der Waals surface area (Å²) in [7, 11) is 0. The Morgan fingerprint density at radius 1 is 1.53 bits per heavy atom. The van der Waals surface area contributed by atoms with E-state index in [0.29, 0.717) is 42.0 Å². The molecule has 0 saturated carbocycles. The molecule has 17 heavy (non-hydrogen) atoms. The number of ether oxygens (including phenoxy) is 1. The number of nitrogens with zero attached hydrogens (tertiary/aromatic N) is 2. The van der Waals surface area contributed by atoms with E-state index in [-0.39, 0.29) is 5.91 Å². The molecule has 3 rings (SSSR count). The van der Waals surface area contributed by atoms with Crippen molar-refractivity contribution in [2.75, 3.05) is 30.5 Å². The number of aromatic nitrogens is 2. The first-order valence-corrected chi connectivity index (χ1v) is 6.51. The molecule has 1 aromatic heterocycles. The van der Waals surface area contributed by atoms with Gasteiger partial charge in [0.15, 0.2) is 5.16 Å². The SMILES string of the molecule is CSc1nc(N)c2c(n1)NC(=O)C21CCOC1. The van der Waals surface area contributed by atoms with E-state index >= 15 is 0 Å². The first-order chi connectivity index (χ1) is 8.17. The van der Waals surface area contributed by atoms with Crippen LogP contribution in [0.15, 0.2) is 5.16 Å². The lowest BCUT2D eigenvalue weighted by Gasteiger charge is -2.19. The Labute approximate surface area is 102 Å². The standard InChI is InChI=1S/C10H12N4O2S/c1-17-9-12-6(11)5-7(14-9)13-8(15)10(5)2-3-16-4-10/h2-4H2,1H3,(H3,11,12,13,14,15). The van der Waals surface area contributed by atoms with Gasteiger partial charge in [-0.2, -0.15) is 0 Å². The molecular formula is C10H12N4O2S. The molecule has 1 saturated heterocycles. The quantitative estimate of drug-likeness (QED) is 0.555. The minimum atomic E-state index is -0.670. The number of fused-ring (bicyclic) bond motifs is 2. The molecule has 2 aliphatic rings. The number of rotatable bonds is 1. The molecule has 1 fully saturated rings. The van der Waals surface area contributed by atoms with Gasteiger partial charge in [0.05, 0.1) is 12.2 Å². The molecule has 1 spiro atoms. The van der Waals surface area contributed by atoms with E-state index in [1.807, 2.05) is 6.26 Å². The van der Waals surface area contributed by atoms with Gasteiger partial charge in [0.25, 0.3) is 0 Å². The zero-order valence-corrected chi connectivity index (χ0v) is 10.1. The van der Waals surface area contributed by atoms with E-state index in [2.05, 4.69) is 15.3 Å². The smallest absolute Gasteiger partial charge is 0.238 e. The molecule has 3 heterocycles. The molecule has 6 nitrogen and oxygen atoms in total. The summed E-state index contributed by atoms with van der Waals surface area (Å²) >= 11 is 1.40. The summed E-state index contributed by atoms with van der Waals surface area (Å²) in [6, 6.07) is 0. The molecule has 0 aromatic carbocycles. The lowest BCUT2D eigenvalue weighted by molar-refractivity contribution is -0.120. The van der Waals surface area contributed by atoms with E-state index in [4.69, 9.17) is 10.5 Å². The fourth-order valence-corrected chi connectivity index (χ4v) is 2.76. The van der Waals surface area contributed by atoms with Gasteiger partial charge in [-0.05, 0) is 12.7 Å². The Morgan fingerprint density at radius 2 is 2.35 bits per heavy atom. The molecule has 1 amide bonds. The van der Waals surface area contributed by atoms with Gasteiger partial charge in [0.2, 0.25) is 5.91 Å².